The molecule has 2 aromatic rings. The normalized spacial score (nSPS) is 20.5. The summed E-state index contributed by atoms with van der Waals surface area (Å²) in [5.41, 5.74) is -0.0653. The SMILES string of the molecule is CC1(O)CCN(S(=O)(=O)c2ccc(C(=O)O)cc2)c2ccccc21. The Morgan fingerprint density at radius 3 is 2.38 bits per heavy atom. The van der Waals surface area contributed by atoms with Crippen LogP contribution < -0.4 is 4.31 Å². The maximum absolute atomic E-state index is 12.9. The highest BCUT2D eigenvalue weighted by Gasteiger charge is 2.38. The Hall–Kier alpha value is -2.38. The van der Waals surface area contributed by atoms with Crippen LogP contribution >= 0.6 is 0 Å². The third-order valence-electron chi connectivity index (χ3n) is 4.24. The van der Waals surface area contributed by atoms with Crippen LogP contribution in [0.5, 0.6) is 0 Å². The van der Waals surface area contributed by atoms with Crippen molar-refractivity contribution in [3.8, 4) is 0 Å². The van der Waals surface area contributed by atoms with Gasteiger partial charge in [0.05, 0.1) is 21.7 Å². The van der Waals surface area contributed by atoms with Crippen molar-refractivity contribution in [3.05, 3.63) is 59.7 Å². The summed E-state index contributed by atoms with van der Waals surface area (Å²) in [6.07, 6.45) is 0.274. The molecule has 1 aliphatic rings. The number of aromatic carboxylic acids is 1. The summed E-state index contributed by atoms with van der Waals surface area (Å²) >= 11 is 0. The van der Waals surface area contributed by atoms with E-state index in [2.05, 4.69) is 0 Å². The number of carboxylic acids is 1. The first kappa shape index (κ1) is 16.5. The van der Waals surface area contributed by atoms with Crippen LogP contribution in [-0.2, 0) is 15.6 Å². The van der Waals surface area contributed by atoms with E-state index < -0.39 is 21.6 Å². The van der Waals surface area contributed by atoms with Gasteiger partial charge in [-0.1, -0.05) is 18.2 Å². The molecular formula is C17H17NO5S. The summed E-state index contributed by atoms with van der Waals surface area (Å²) in [7, 11) is -3.84. The average Bonchev–Trinajstić information content (AvgIpc) is 2.55. The number of carboxylic acid groups (broad SMARTS) is 1. The number of benzene rings is 2. The number of sulfonamides is 1. The number of hydrogen-bond acceptors (Lipinski definition) is 4. The molecule has 0 spiro atoms. The molecule has 0 fully saturated rings. The van der Waals surface area contributed by atoms with Crippen molar-refractivity contribution in [2.45, 2.75) is 23.8 Å². The highest BCUT2D eigenvalue weighted by atomic mass is 32.2. The minimum absolute atomic E-state index is 0.0174. The van der Waals surface area contributed by atoms with Crippen LogP contribution in [0.25, 0.3) is 0 Å². The molecule has 1 heterocycles. The molecule has 0 aliphatic carbocycles. The summed E-state index contributed by atoms with van der Waals surface area (Å²) in [6, 6.07) is 11.9. The Bertz CT molecular complexity index is 887. The van der Waals surface area contributed by atoms with Crippen molar-refractivity contribution >= 4 is 21.7 Å². The monoisotopic (exact) mass is 347 g/mol. The Morgan fingerprint density at radius 2 is 1.75 bits per heavy atom. The molecule has 1 aliphatic heterocycles. The van der Waals surface area contributed by atoms with Crippen LogP contribution in [0.15, 0.2) is 53.4 Å². The minimum Gasteiger partial charge on any atom is -0.478 e. The van der Waals surface area contributed by atoms with Gasteiger partial charge in [0.2, 0.25) is 0 Å². The number of fused-ring (bicyclic) bond motifs is 1. The fraction of sp³-hybridized carbons (Fsp3) is 0.235. The first-order valence-electron chi connectivity index (χ1n) is 7.41. The Balaban J connectivity index is 2.06. The second-order valence-electron chi connectivity index (χ2n) is 5.95. The van der Waals surface area contributed by atoms with Crippen molar-refractivity contribution in [1.82, 2.24) is 0 Å². The topological polar surface area (TPSA) is 94.9 Å². The van der Waals surface area contributed by atoms with E-state index in [9.17, 15) is 18.3 Å². The van der Waals surface area contributed by atoms with Gasteiger partial charge in [-0.2, -0.15) is 0 Å². The maximum atomic E-state index is 12.9. The zero-order valence-electron chi connectivity index (χ0n) is 13.0. The van der Waals surface area contributed by atoms with E-state index in [0.717, 1.165) is 0 Å². The van der Waals surface area contributed by atoms with Crippen molar-refractivity contribution in [2.75, 3.05) is 10.8 Å². The van der Waals surface area contributed by atoms with Gasteiger partial charge in [0.25, 0.3) is 10.0 Å². The molecule has 126 valence electrons. The van der Waals surface area contributed by atoms with Gasteiger partial charge < -0.3 is 10.2 Å². The van der Waals surface area contributed by atoms with Gasteiger partial charge in [-0.05, 0) is 43.7 Å². The predicted molar refractivity (Wildman–Crippen MR) is 88.6 cm³/mol. The second-order valence-corrected chi connectivity index (χ2v) is 7.81. The Labute approximate surface area is 140 Å². The molecule has 7 heteroatoms. The van der Waals surface area contributed by atoms with Gasteiger partial charge in [-0.15, -0.1) is 0 Å². The first-order chi connectivity index (χ1) is 11.2. The van der Waals surface area contributed by atoms with E-state index in [4.69, 9.17) is 5.11 Å². The largest absolute Gasteiger partial charge is 0.478 e. The molecule has 0 aromatic heterocycles. The van der Waals surface area contributed by atoms with E-state index in [-0.39, 0.29) is 23.4 Å². The lowest BCUT2D eigenvalue weighted by atomic mass is 9.88. The fourth-order valence-corrected chi connectivity index (χ4v) is 4.35. The molecule has 0 saturated carbocycles. The highest BCUT2D eigenvalue weighted by Crippen LogP contribution is 2.40. The van der Waals surface area contributed by atoms with E-state index in [1.54, 1.807) is 31.2 Å². The van der Waals surface area contributed by atoms with E-state index in [1.807, 2.05) is 0 Å². The number of hydrogen-bond donors (Lipinski definition) is 2. The van der Waals surface area contributed by atoms with E-state index >= 15 is 0 Å². The standard InChI is InChI=1S/C17H17NO5S/c1-17(21)10-11-18(15-5-3-2-4-14(15)17)24(22,23)13-8-6-12(7-9-13)16(19)20/h2-9,21H,10-11H2,1H3,(H,19,20). The molecule has 0 bridgehead atoms. The molecule has 0 saturated heterocycles. The van der Waals surface area contributed by atoms with E-state index in [0.29, 0.717) is 11.3 Å². The first-order valence-corrected chi connectivity index (χ1v) is 8.85. The summed E-state index contributed by atoms with van der Waals surface area (Å²) in [6.45, 7) is 1.81. The van der Waals surface area contributed by atoms with Crippen molar-refractivity contribution in [2.24, 2.45) is 0 Å². The number of carbonyl (C=O) groups is 1. The van der Waals surface area contributed by atoms with Crippen LogP contribution in [0.4, 0.5) is 5.69 Å². The van der Waals surface area contributed by atoms with Gasteiger partial charge in [-0.25, -0.2) is 13.2 Å². The quantitative estimate of drug-likeness (QED) is 0.887. The van der Waals surface area contributed by atoms with Crippen LogP contribution in [-0.4, -0.2) is 31.1 Å². The van der Waals surface area contributed by atoms with E-state index in [1.165, 1.54) is 28.6 Å². The van der Waals surface area contributed by atoms with Crippen molar-refractivity contribution < 1.29 is 23.4 Å². The number of nitrogens with zero attached hydrogens (tertiary/aromatic N) is 1. The van der Waals surface area contributed by atoms with Crippen LogP contribution in [0, 0.1) is 0 Å². The van der Waals surface area contributed by atoms with Crippen LogP contribution in [0.1, 0.15) is 29.3 Å². The molecule has 6 nitrogen and oxygen atoms in total. The summed E-state index contributed by atoms with van der Waals surface area (Å²) in [5.74, 6) is -1.11. The maximum Gasteiger partial charge on any atom is 0.335 e. The zero-order valence-corrected chi connectivity index (χ0v) is 13.8. The lowest BCUT2D eigenvalue weighted by Crippen LogP contribution is -2.42. The van der Waals surface area contributed by atoms with Gasteiger partial charge in [0.1, 0.15) is 0 Å². The van der Waals surface area contributed by atoms with Gasteiger partial charge in [-0.3, -0.25) is 4.31 Å². The smallest absolute Gasteiger partial charge is 0.335 e. The molecule has 1 unspecified atom stereocenters. The second kappa shape index (κ2) is 5.61. The molecule has 1 atom stereocenters. The average molecular weight is 347 g/mol. The van der Waals surface area contributed by atoms with Crippen LogP contribution in [0.2, 0.25) is 0 Å². The van der Waals surface area contributed by atoms with Gasteiger partial charge in [0.15, 0.2) is 0 Å². The summed E-state index contributed by atoms with van der Waals surface area (Å²) in [4.78, 5) is 10.9. The van der Waals surface area contributed by atoms with Crippen molar-refractivity contribution in [1.29, 1.82) is 0 Å². The molecule has 0 amide bonds. The Kier molecular flexibility index (Phi) is 3.85. The lowest BCUT2D eigenvalue weighted by molar-refractivity contribution is 0.0472. The number of anilines is 1. The highest BCUT2D eigenvalue weighted by molar-refractivity contribution is 7.92. The summed E-state index contributed by atoms with van der Waals surface area (Å²) < 4.78 is 27.1. The molecule has 3 rings (SSSR count). The lowest BCUT2D eigenvalue weighted by Gasteiger charge is -2.38. The molecule has 2 N–H and O–H groups in total. The number of aliphatic hydroxyl groups is 1. The third-order valence-corrected chi connectivity index (χ3v) is 6.07. The van der Waals surface area contributed by atoms with Crippen molar-refractivity contribution in [3.63, 3.8) is 0 Å². The molecule has 2 aromatic carbocycles. The fourth-order valence-electron chi connectivity index (χ4n) is 2.87. The van der Waals surface area contributed by atoms with Crippen LogP contribution in [0.3, 0.4) is 0 Å². The zero-order chi connectivity index (χ0) is 17.5. The predicted octanol–water partition coefficient (Wildman–Crippen LogP) is 2.19. The number of rotatable bonds is 3. The molecule has 0 radical (unpaired) electrons. The third kappa shape index (κ3) is 2.65. The Morgan fingerprint density at radius 1 is 1.12 bits per heavy atom. The van der Waals surface area contributed by atoms with Gasteiger partial charge in [0, 0.05) is 12.1 Å². The van der Waals surface area contributed by atoms with Gasteiger partial charge >= 0.3 is 5.97 Å². The molecule has 24 heavy (non-hydrogen) atoms. The molecular weight excluding hydrogens is 330 g/mol. The minimum atomic E-state index is -3.84. The number of para-hydroxylation sites is 1. The summed E-state index contributed by atoms with van der Waals surface area (Å²) in [5, 5.41) is 19.4.